The maximum Gasteiger partial charge on any atom is 0.471 e. The summed E-state index contributed by atoms with van der Waals surface area (Å²) in [6.07, 6.45) is -0.578. The van der Waals surface area contributed by atoms with Gasteiger partial charge >= 0.3 is 7.82 Å². The maximum absolute atomic E-state index is 11.6. The second-order valence-electron chi connectivity index (χ2n) is 4.61. The minimum absolute atomic E-state index is 0.282. The van der Waals surface area contributed by atoms with Crippen LogP contribution in [0, 0.1) is 5.41 Å². The van der Waals surface area contributed by atoms with E-state index in [1.807, 2.05) is 6.92 Å². The number of phosphoric acid groups is 1. The average Bonchev–Trinajstić information content (AvgIpc) is 2.32. The topological polar surface area (TPSA) is 105 Å². The van der Waals surface area contributed by atoms with Crippen molar-refractivity contribution in [1.82, 2.24) is 5.32 Å². The van der Waals surface area contributed by atoms with Crippen LogP contribution in [0.2, 0.25) is 0 Å². The van der Waals surface area contributed by atoms with Gasteiger partial charge in [-0.3, -0.25) is 13.8 Å². The Morgan fingerprint density at radius 3 is 2.50 bits per heavy atom. The van der Waals surface area contributed by atoms with Crippen molar-refractivity contribution in [2.24, 2.45) is 5.41 Å². The van der Waals surface area contributed by atoms with E-state index in [0.29, 0.717) is 6.54 Å². The Morgan fingerprint density at radius 1 is 1.50 bits per heavy atom. The van der Waals surface area contributed by atoms with E-state index in [1.54, 1.807) is 13.8 Å². The molecule has 2 atom stereocenters. The molecular formula is C10H22NO6P. The number of phosphoric ester groups is 1. The third kappa shape index (κ3) is 5.93. The molecule has 0 spiro atoms. The predicted molar refractivity (Wildman–Crippen MR) is 65.9 cm³/mol. The number of hydrogen-bond acceptors (Lipinski definition) is 5. The Morgan fingerprint density at radius 2 is 2.06 bits per heavy atom. The molecule has 0 bridgehead atoms. The molecule has 0 aliphatic heterocycles. The number of hydrogen-bond donors (Lipinski definition) is 3. The molecule has 0 saturated carbocycles. The van der Waals surface area contributed by atoms with E-state index >= 15 is 0 Å². The van der Waals surface area contributed by atoms with Crippen molar-refractivity contribution >= 4 is 13.7 Å². The summed E-state index contributed by atoms with van der Waals surface area (Å²) in [5.41, 5.74) is -1.01. The quantitative estimate of drug-likeness (QED) is 0.565. The third-order valence-corrected chi connectivity index (χ3v) is 3.29. The zero-order chi connectivity index (χ0) is 14.4. The highest BCUT2D eigenvalue weighted by Crippen LogP contribution is 2.43. The van der Waals surface area contributed by atoms with Crippen LogP contribution in [0.25, 0.3) is 0 Å². The fourth-order valence-corrected chi connectivity index (χ4v) is 1.68. The summed E-state index contributed by atoms with van der Waals surface area (Å²) >= 11 is 0. The van der Waals surface area contributed by atoms with Crippen LogP contribution in [0.4, 0.5) is 0 Å². The number of aliphatic hydroxyl groups excluding tert-OH is 1. The van der Waals surface area contributed by atoms with E-state index in [9.17, 15) is 14.5 Å². The molecule has 0 aliphatic carbocycles. The largest absolute Gasteiger partial charge is 0.471 e. The van der Waals surface area contributed by atoms with Gasteiger partial charge in [0.2, 0.25) is 5.91 Å². The number of aliphatic hydroxyl groups is 1. The smallest absolute Gasteiger partial charge is 0.383 e. The maximum atomic E-state index is 11.6. The first-order valence-electron chi connectivity index (χ1n) is 5.65. The molecule has 0 rings (SSSR count). The highest BCUT2D eigenvalue weighted by Gasteiger charge is 2.36. The highest BCUT2D eigenvalue weighted by atomic mass is 31.2. The van der Waals surface area contributed by atoms with E-state index in [0.717, 1.165) is 13.5 Å². The van der Waals surface area contributed by atoms with E-state index in [2.05, 4.69) is 14.4 Å². The number of carbonyl (C=O) groups excluding carboxylic acids is 1. The van der Waals surface area contributed by atoms with Crippen molar-refractivity contribution in [3.8, 4) is 0 Å². The van der Waals surface area contributed by atoms with Crippen molar-refractivity contribution in [1.29, 1.82) is 0 Å². The summed E-state index contributed by atoms with van der Waals surface area (Å²) in [5.74, 6) is -0.532. The van der Waals surface area contributed by atoms with Gasteiger partial charge in [0.1, 0.15) is 6.10 Å². The molecule has 3 N–H and O–H groups in total. The van der Waals surface area contributed by atoms with Gasteiger partial charge in [-0.2, -0.15) is 0 Å². The Hall–Kier alpha value is -0.460. The summed E-state index contributed by atoms with van der Waals surface area (Å²) in [7, 11) is -3.06. The fraction of sp³-hybridized carbons (Fsp3) is 0.900. The van der Waals surface area contributed by atoms with Crippen molar-refractivity contribution in [2.45, 2.75) is 33.3 Å². The second kappa shape index (κ2) is 7.21. The molecule has 0 aliphatic rings. The van der Waals surface area contributed by atoms with Crippen LogP contribution < -0.4 is 5.32 Å². The molecule has 7 nitrogen and oxygen atoms in total. The lowest BCUT2D eigenvalue weighted by Crippen LogP contribution is -2.46. The molecule has 0 aromatic heterocycles. The van der Waals surface area contributed by atoms with Gasteiger partial charge in [0, 0.05) is 19.1 Å². The molecule has 108 valence electrons. The first kappa shape index (κ1) is 17.5. The molecule has 0 fully saturated rings. The van der Waals surface area contributed by atoms with Crippen LogP contribution in [-0.2, 0) is 18.4 Å². The third-order valence-electron chi connectivity index (χ3n) is 2.37. The van der Waals surface area contributed by atoms with Gasteiger partial charge < -0.3 is 15.3 Å². The molecule has 0 radical (unpaired) electrons. The van der Waals surface area contributed by atoms with E-state index in [1.165, 1.54) is 0 Å². The first-order valence-corrected chi connectivity index (χ1v) is 7.14. The number of nitrogens with one attached hydrogen (secondary N) is 1. The Labute approximate surface area is 107 Å². The molecule has 1 amide bonds. The molecule has 0 heterocycles. The van der Waals surface area contributed by atoms with Gasteiger partial charge in [-0.15, -0.1) is 0 Å². The summed E-state index contributed by atoms with van der Waals surface area (Å²) in [4.78, 5) is 20.6. The molecule has 8 heteroatoms. The van der Waals surface area contributed by atoms with Crippen LogP contribution in [0.3, 0.4) is 0 Å². The highest BCUT2D eigenvalue weighted by molar-refractivity contribution is 7.47. The van der Waals surface area contributed by atoms with Gasteiger partial charge in [0.15, 0.2) is 0 Å². The van der Waals surface area contributed by atoms with Gasteiger partial charge in [0.05, 0.1) is 6.61 Å². The Bertz CT molecular complexity index is 319. The minimum Gasteiger partial charge on any atom is -0.383 e. The number of carbonyl (C=O) groups is 1. The van der Waals surface area contributed by atoms with Gasteiger partial charge in [0.25, 0.3) is 0 Å². The number of rotatable bonds is 8. The number of amides is 1. The molecule has 0 aromatic carbocycles. The second-order valence-corrected chi connectivity index (χ2v) is 6.17. The lowest BCUT2D eigenvalue weighted by atomic mass is 9.87. The van der Waals surface area contributed by atoms with Crippen LogP contribution in [0.1, 0.15) is 27.2 Å². The monoisotopic (exact) mass is 283 g/mol. The molecular weight excluding hydrogens is 261 g/mol. The minimum atomic E-state index is -4.10. The van der Waals surface area contributed by atoms with Crippen molar-refractivity contribution in [3.05, 3.63) is 0 Å². The van der Waals surface area contributed by atoms with Crippen molar-refractivity contribution in [2.75, 3.05) is 20.3 Å². The van der Waals surface area contributed by atoms with Crippen LogP contribution >= 0.6 is 7.82 Å². The average molecular weight is 283 g/mol. The zero-order valence-electron chi connectivity index (χ0n) is 11.2. The zero-order valence-corrected chi connectivity index (χ0v) is 12.1. The van der Waals surface area contributed by atoms with Crippen LogP contribution in [0.15, 0.2) is 0 Å². The van der Waals surface area contributed by atoms with Crippen molar-refractivity contribution < 1.29 is 28.4 Å². The van der Waals surface area contributed by atoms with Gasteiger partial charge in [-0.25, -0.2) is 4.57 Å². The Balaban J connectivity index is 4.43. The van der Waals surface area contributed by atoms with E-state index < -0.39 is 25.2 Å². The molecule has 18 heavy (non-hydrogen) atoms. The Kier molecular flexibility index (Phi) is 7.02. The predicted octanol–water partition coefficient (Wildman–Crippen LogP) is 0.663. The van der Waals surface area contributed by atoms with Crippen molar-refractivity contribution in [3.63, 3.8) is 0 Å². The molecule has 0 aromatic rings. The first-order chi connectivity index (χ1) is 8.16. The van der Waals surface area contributed by atoms with Gasteiger partial charge in [-0.05, 0) is 6.42 Å². The SMILES string of the molecule is CCCNC(=O)C(O)C(C)(C)COP(=O)(O)OC. The van der Waals surface area contributed by atoms with Crippen LogP contribution in [-0.4, -0.2) is 42.3 Å². The standard InChI is InChI=1S/C10H22NO6P/c1-5-6-11-9(13)8(12)10(2,3)7-17-18(14,15)16-4/h8,12H,5-7H2,1-4H3,(H,11,13)(H,14,15). The summed E-state index contributed by atoms with van der Waals surface area (Å²) < 4.78 is 20.0. The van der Waals surface area contributed by atoms with E-state index in [4.69, 9.17) is 4.89 Å². The van der Waals surface area contributed by atoms with E-state index in [-0.39, 0.29) is 6.61 Å². The summed E-state index contributed by atoms with van der Waals surface area (Å²) in [5, 5.41) is 12.4. The van der Waals surface area contributed by atoms with Gasteiger partial charge in [-0.1, -0.05) is 20.8 Å². The van der Waals surface area contributed by atoms with Crippen LogP contribution in [0.5, 0.6) is 0 Å². The lowest BCUT2D eigenvalue weighted by Gasteiger charge is -2.29. The summed E-state index contributed by atoms with van der Waals surface area (Å²) in [6, 6.07) is 0. The summed E-state index contributed by atoms with van der Waals surface area (Å²) in [6.45, 7) is 5.18. The fourth-order valence-electron chi connectivity index (χ4n) is 1.08. The normalized spacial score (nSPS) is 17.0. The lowest BCUT2D eigenvalue weighted by molar-refractivity contribution is -0.136. The molecule has 2 unspecified atom stereocenters. The molecule has 0 saturated heterocycles.